The maximum atomic E-state index is 12.6. The second-order valence-electron chi connectivity index (χ2n) is 9.44. The molecule has 4 N–H and O–H groups in total. The number of hydrogen-bond donors (Lipinski definition) is 4. The van der Waals surface area contributed by atoms with Crippen LogP contribution < -0.4 is 20.7 Å². The van der Waals surface area contributed by atoms with Crippen LogP contribution in [-0.4, -0.2) is 80.5 Å². The van der Waals surface area contributed by atoms with E-state index in [0.29, 0.717) is 38.3 Å². The number of aryl methyl sites for hydroxylation is 1. The van der Waals surface area contributed by atoms with E-state index in [4.69, 9.17) is 42.9 Å². The summed E-state index contributed by atoms with van der Waals surface area (Å²) in [5, 5.41) is 21.4. The van der Waals surface area contributed by atoms with E-state index in [1.54, 1.807) is 6.20 Å². The number of benzene rings is 1. The van der Waals surface area contributed by atoms with E-state index in [-0.39, 0.29) is 54.4 Å². The Labute approximate surface area is 265 Å². The number of halogens is 2. The molecule has 1 aromatic carbocycles. The largest absolute Gasteiger partial charge is 0.488 e. The fourth-order valence-electron chi connectivity index (χ4n) is 3.79. The number of amides is 2. The summed E-state index contributed by atoms with van der Waals surface area (Å²) in [4.78, 5) is 43.1. The van der Waals surface area contributed by atoms with Gasteiger partial charge in [0.15, 0.2) is 5.75 Å². The molecule has 14 nitrogen and oxygen atoms in total. The number of carbonyl (C=O) groups is 3. The molecule has 16 heteroatoms. The van der Waals surface area contributed by atoms with Crippen LogP contribution in [0.15, 0.2) is 35.6 Å². The molecule has 44 heavy (non-hydrogen) atoms. The van der Waals surface area contributed by atoms with E-state index in [1.165, 1.54) is 12.1 Å². The number of aromatic nitrogens is 1. The van der Waals surface area contributed by atoms with E-state index in [1.807, 2.05) is 19.1 Å². The number of pyridine rings is 1. The normalized spacial score (nSPS) is 11.2. The Balaban J connectivity index is 1.76. The summed E-state index contributed by atoms with van der Waals surface area (Å²) >= 11 is 12.7. The van der Waals surface area contributed by atoms with Crippen molar-refractivity contribution in [3.63, 3.8) is 0 Å². The third-order valence-corrected chi connectivity index (χ3v) is 6.44. The van der Waals surface area contributed by atoms with Crippen molar-refractivity contribution in [3.8, 4) is 5.75 Å². The molecule has 0 radical (unpaired) electrons. The van der Waals surface area contributed by atoms with Gasteiger partial charge in [0.05, 0.1) is 55.5 Å². The minimum Gasteiger partial charge on any atom is -0.488 e. The molecule has 1 heterocycles. The molecule has 2 rings (SSSR count). The van der Waals surface area contributed by atoms with Gasteiger partial charge in [-0.1, -0.05) is 28.3 Å². The van der Waals surface area contributed by atoms with Crippen molar-refractivity contribution in [2.75, 3.05) is 58.0 Å². The highest BCUT2D eigenvalue weighted by Gasteiger charge is 2.21. The summed E-state index contributed by atoms with van der Waals surface area (Å²) in [6.07, 6.45) is 2.87. The van der Waals surface area contributed by atoms with Crippen LogP contribution in [-0.2, 0) is 23.9 Å². The van der Waals surface area contributed by atoms with Crippen molar-refractivity contribution in [2.24, 2.45) is 5.11 Å². The molecule has 1 unspecified atom stereocenters. The van der Waals surface area contributed by atoms with Crippen LogP contribution in [0.2, 0.25) is 10.0 Å². The maximum Gasteiger partial charge on any atom is 0.305 e. The summed E-state index contributed by atoms with van der Waals surface area (Å²) in [5.41, 5.74) is 9.66. The summed E-state index contributed by atoms with van der Waals surface area (Å²) in [5.74, 6) is -1.05. The lowest BCUT2D eigenvalue weighted by Gasteiger charge is -2.20. The molecule has 2 amide bonds. The quantitative estimate of drug-likeness (QED) is 0.0613. The third-order valence-electron chi connectivity index (χ3n) is 5.88. The number of hydrogen-bond acceptors (Lipinski definition) is 9. The van der Waals surface area contributed by atoms with E-state index < -0.39 is 24.3 Å². The first-order valence-electron chi connectivity index (χ1n) is 13.9. The van der Waals surface area contributed by atoms with Gasteiger partial charge in [0, 0.05) is 30.6 Å². The van der Waals surface area contributed by atoms with Crippen LogP contribution >= 0.6 is 23.2 Å². The van der Waals surface area contributed by atoms with Gasteiger partial charge in [0.2, 0.25) is 11.8 Å². The van der Waals surface area contributed by atoms with Gasteiger partial charge in [0.1, 0.15) is 12.4 Å². The SMILES string of the molecule is Cc1ccnc(NCCCCC(=O)NCC(=O)NC(CC(=O)O)c2cc(Cl)c(OCCOCCOCCN=[N+]=[N-])c(Cl)c2)c1. The zero-order chi connectivity index (χ0) is 32.2. The molecule has 0 spiro atoms. The smallest absolute Gasteiger partial charge is 0.305 e. The van der Waals surface area contributed by atoms with E-state index in [9.17, 15) is 19.5 Å². The minimum absolute atomic E-state index is 0.125. The molecule has 0 aliphatic carbocycles. The number of carboxylic acid groups (broad SMARTS) is 1. The lowest BCUT2D eigenvalue weighted by molar-refractivity contribution is -0.138. The number of carbonyl (C=O) groups excluding carboxylic acids is 2. The van der Waals surface area contributed by atoms with Crippen LogP contribution in [0.3, 0.4) is 0 Å². The number of rotatable bonds is 22. The topological polar surface area (TPSA) is 197 Å². The predicted octanol–water partition coefficient (Wildman–Crippen LogP) is 4.45. The Morgan fingerprint density at radius 1 is 1.05 bits per heavy atom. The van der Waals surface area contributed by atoms with E-state index in [0.717, 1.165) is 17.8 Å². The van der Waals surface area contributed by atoms with Crippen molar-refractivity contribution in [3.05, 3.63) is 62.1 Å². The van der Waals surface area contributed by atoms with Crippen LogP contribution in [0, 0.1) is 6.92 Å². The summed E-state index contributed by atoms with van der Waals surface area (Å²) < 4.78 is 16.2. The van der Waals surface area contributed by atoms with Crippen LogP contribution in [0.25, 0.3) is 10.4 Å². The van der Waals surface area contributed by atoms with Crippen molar-refractivity contribution in [1.29, 1.82) is 0 Å². The fraction of sp³-hybridized carbons (Fsp3) is 0.500. The zero-order valence-electron chi connectivity index (χ0n) is 24.4. The molecule has 1 aromatic heterocycles. The lowest BCUT2D eigenvalue weighted by Crippen LogP contribution is -2.39. The Hall–Kier alpha value is -3.81. The predicted molar refractivity (Wildman–Crippen MR) is 165 cm³/mol. The van der Waals surface area contributed by atoms with Gasteiger partial charge in [-0.05, 0) is 60.7 Å². The van der Waals surface area contributed by atoms with Crippen LogP contribution in [0.4, 0.5) is 5.82 Å². The standard InChI is InChI=1S/C28H37Cl2N7O7/c1-19-5-7-33-24(14-19)32-6-3-2-4-25(38)34-18-26(39)36-23(17-27(40)41)20-15-21(29)28(22(30)16-20)44-13-12-43-11-10-42-9-8-35-37-31/h5,7,14-16,23H,2-4,6,8-13,17-18H2,1H3,(H,32,33)(H,34,38)(H,36,39)(H,40,41). The highest BCUT2D eigenvalue weighted by atomic mass is 35.5. The zero-order valence-corrected chi connectivity index (χ0v) is 25.9. The second-order valence-corrected chi connectivity index (χ2v) is 10.3. The molecule has 1 atom stereocenters. The number of nitrogens with one attached hydrogen (secondary N) is 3. The fourth-order valence-corrected chi connectivity index (χ4v) is 4.41. The number of nitrogens with zero attached hydrogens (tertiary/aromatic N) is 4. The van der Waals surface area contributed by atoms with Gasteiger partial charge >= 0.3 is 5.97 Å². The van der Waals surface area contributed by atoms with Crippen LogP contribution in [0.1, 0.15) is 42.9 Å². The monoisotopic (exact) mass is 653 g/mol. The average Bonchev–Trinajstić information content (AvgIpc) is 2.97. The highest BCUT2D eigenvalue weighted by molar-refractivity contribution is 6.37. The molecule has 0 bridgehead atoms. The molecule has 0 aliphatic rings. The summed E-state index contributed by atoms with van der Waals surface area (Å²) in [6.45, 7) is 3.84. The average molecular weight is 655 g/mol. The second kappa shape index (κ2) is 21.0. The molecule has 0 aliphatic heterocycles. The van der Waals surface area contributed by atoms with Gasteiger partial charge in [-0.25, -0.2) is 4.98 Å². The van der Waals surface area contributed by atoms with Gasteiger partial charge in [-0.2, -0.15) is 0 Å². The van der Waals surface area contributed by atoms with E-state index >= 15 is 0 Å². The number of azide groups is 1. The molecule has 0 saturated heterocycles. The number of anilines is 1. The Morgan fingerprint density at radius 3 is 2.43 bits per heavy atom. The third kappa shape index (κ3) is 15.1. The van der Waals surface area contributed by atoms with Crippen molar-refractivity contribution in [2.45, 2.75) is 38.6 Å². The Kier molecular flexibility index (Phi) is 17.4. The van der Waals surface area contributed by atoms with Crippen molar-refractivity contribution < 1.29 is 33.7 Å². The molecular weight excluding hydrogens is 617 g/mol. The van der Waals surface area contributed by atoms with Crippen LogP contribution in [0.5, 0.6) is 5.75 Å². The number of ether oxygens (including phenoxy) is 3. The van der Waals surface area contributed by atoms with Gasteiger partial charge in [0.25, 0.3) is 0 Å². The molecule has 0 fully saturated rings. The lowest BCUT2D eigenvalue weighted by atomic mass is 10.0. The first kappa shape index (κ1) is 36.4. The molecule has 2 aromatic rings. The highest BCUT2D eigenvalue weighted by Crippen LogP contribution is 2.36. The van der Waals surface area contributed by atoms with Gasteiger partial charge < -0.3 is 35.3 Å². The Morgan fingerprint density at radius 2 is 1.75 bits per heavy atom. The molecular formula is C28H37Cl2N7O7. The first-order chi connectivity index (χ1) is 21.2. The summed E-state index contributed by atoms with van der Waals surface area (Å²) in [7, 11) is 0. The maximum absolute atomic E-state index is 12.6. The first-order valence-corrected chi connectivity index (χ1v) is 14.7. The Bertz CT molecular complexity index is 1260. The van der Waals surface area contributed by atoms with E-state index in [2.05, 4.69) is 31.0 Å². The van der Waals surface area contributed by atoms with Gasteiger partial charge in [-0.15, -0.1) is 0 Å². The number of unbranched alkanes of at least 4 members (excludes halogenated alkanes) is 1. The molecule has 240 valence electrons. The van der Waals surface area contributed by atoms with Crippen molar-refractivity contribution in [1.82, 2.24) is 15.6 Å². The van der Waals surface area contributed by atoms with Crippen molar-refractivity contribution >= 4 is 46.8 Å². The van der Waals surface area contributed by atoms with Gasteiger partial charge in [-0.3, -0.25) is 14.4 Å². The minimum atomic E-state index is -1.15. The number of aliphatic carboxylic acids is 1. The number of carboxylic acids is 1. The summed E-state index contributed by atoms with van der Waals surface area (Å²) in [6, 6.07) is 5.82. The molecule has 0 saturated carbocycles.